The lowest BCUT2D eigenvalue weighted by Gasteiger charge is -2.45. The van der Waals surface area contributed by atoms with Crippen LogP contribution in [0.4, 0.5) is 0 Å². The molecule has 2 heterocycles. The average Bonchev–Trinajstić information content (AvgIpc) is 3.00. The molecule has 0 unspecified atom stereocenters. The zero-order valence-corrected chi connectivity index (χ0v) is 18.9. The molecule has 2 fully saturated rings. The Balaban J connectivity index is 1.81. The molecule has 0 aliphatic carbocycles. The van der Waals surface area contributed by atoms with E-state index in [9.17, 15) is 13.2 Å². The first kappa shape index (κ1) is 22.2. The van der Waals surface area contributed by atoms with Crippen LogP contribution < -0.4 is 5.32 Å². The molecule has 3 rings (SSSR count). The second-order valence-corrected chi connectivity index (χ2v) is 10.7. The second-order valence-electron chi connectivity index (χ2n) is 8.72. The summed E-state index contributed by atoms with van der Waals surface area (Å²) in [5.41, 5.74) is -0.433. The van der Waals surface area contributed by atoms with E-state index in [1.165, 1.54) is 0 Å². The minimum atomic E-state index is -3.50. The molecule has 0 bridgehead atoms. The third kappa shape index (κ3) is 4.23. The van der Waals surface area contributed by atoms with E-state index in [0.29, 0.717) is 36.7 Å². The Bertz CT molecular complexity index is 804. The first-order valence-corrected chi connectivity index (χ1v) is 12.3. The normalized spacial score (nSPS) is 24.8. The molecule has 1 spiro atoms. The molecule has 2 aliphatic heterocycles. The zero-order chi connectivity index (χ0) is 21.2. The van der Waals surface area contributed by atoms with E-state index in [4.69, 9.17) is 0 Å². The van der Waals surface area contributed by atoms with Crippen LogP contribution in [0.15, 0.2) is 35.2 Å². The number of amides is 1. The summed E-state index contributed by atoms with van der Waals surface area (Å²) in [6.07, 6.45) is 3.19. The maximum atomic E-state index is 13.3. The van der Waals surface area contributed by atoms with Crippen LogP contribution in [0.25, 0.3) is 0 Å². The van der Waals surface area contributed by atoms with Gasteiger partial charge in [-0.05, 0) is 36.8 Å². The van der Waals surface area contributed by atoms with Gasteiger partial charge in [0.1, 0.15) is 0 Å². The molecule has 1 amide bonds. The number of rotatable bonds is 7. The predicted octanol–water partition coefficient (Wildman–Crippen LogP) is 3.06. The van der Waals surface area contributed by atoms with Crippen molar-refractivity contribution in [2.75, 3.05) is 19.6 Å². The van der Waals surface area contributed by atoms with Crippen LogP contribution in [0, 0.1) is 11.8 Å². The summed E-state index contributed by atoms with van der Waals surface area (Å²) in [6.45, 7) is 10.1. The fourth-order valence-electron chi connectivity index (χ4n) is 4.39. The van der Waals surface area contributed by atoms with Crippen molar-refractivity contribution in [1.29, 1.82) is 0 Å². The van der Waals surface area contributed by atoms with Crippen molar-refractivity contribution < 1.29 is 13.2 Å². The van der Waals surface area contributed by atoms with Gasteiger partial charge in [-0.15, -0.1) is 0 Å². The van der Waals surface area contributed by atoms with Crippen molar-refractivity contribution >= 4 is 15.9 Å². The largest absolute Gasteiger partial charge is 0.323 e. The molecule has 1 N–H and O–H groups in total. The lowest BCUT2D eigenvalue weighted by atomic mass is 9.95. The molecule has 6 nitrogen and oxygen atoms in total. The minimum absolute atomic E-state index is 0.179. The lowest BCUT2D eigenvalue weighted by Crippen LogP contribution is -2.60. The molecule has 162 valence electrons. The quantitative estimate of drug-likeness (QED) is 0.735. The molecule has 1 aromatic rings. The van der Waals surface area contributed by atoms with E-state index < -0.39 is 15.7 Å². The average molecular weight is 422 g/mol. The highest BCUT2D eigenvalue weighted by molar-refractivity contribution is 7.89. The van der Waals surface area contributed by atoms with Crippen LogP contribution in [0.5, 0.6) is 0 Å². The van der Waals surface area contributed by atoms with Crippen LogP contribution in [0.2, 0.25) is 0 Å². The molecule has 1 aromatic carbocycles. The number of piperidine rings is 1. The molecule has 2 aliphatic rings. The number of hydrogen-bond donors (Lipinski definition) is 1. The number of carbonyl (C=O) groups is 1. The smallest absolute Gasteiger partial charge is 0.243 e. The molecule has 29 heavy (non-hydrogen) atoms. The van der Waals surface area contributed by atoms with Gasteiger partial charge in [-0.3, -0.25) is 10.1 Å². The Morgan fingerprint density at radius 1 is 1.10 bits per heavy atom. The Labute approximate surface area is 175 Å². The Kier molecular flexibility index (Phi) is 6.70. The van der Waals surface area contributed by atoms with Crippen molar-refractivity contribution in [2.45, 2.75) is 70.0 Å². The maximum absolute atomic E-state index is 13.3. The SMILES string of the molecule is CC[C@H](C)CN1C(=O)[C@H]([C@@H](C)CC)NC12CCN(S(=O)(=O)c1ccccc1)CC2. The van der Waals surface area contributed by atoms with Gasteiger partial charge in [0.25, 0.3) is 0 Å². The van der Waals surface area contributed by atoms with Crippen LogP contribution in [-0.4, -0.2) is 54.9 Å². The summed E-state index contributed by atoms with van der Waals surface area (Å²) >= 11 is 0. The third-order valence-corrected chi connectivity index (χ3v) is 8.72. The summed E-state index contributed by atoms with van der Waals surface area (Å²) < 4.78 is 27.6. The van der Waals surface area contributed by atoms with Gasteiger partial charge in [0.05, 0.1) is 16.6 Å². The van der Waals surface area contributed by atoms with Crippen LogP contribution in [0.3, 0.4) is 0 Å². The van der Waals surface area contributed by atoms with Crippen LogP contribution in [0.1, 0.15) is 53.4 Å². The molecule has 3 atom stereocenters. The monoisotopic (exact) mass is 421 g/mol. The summed E-state index contributed by atoms with van der Waals surface area (Å²) in [6, 6.07) is 8.43. The minimum Gasteiger partial charge on any atom is -0.323 e. The van der Waals surface area contributed by atoms with Gasteiger partial charge in [0, 0.05) is 19.6 Å². The number of sulfonamides is 1. The van der Waals surface area contributed by atoms with E-state index >= 15 is 0 Å². The van der Waals surface area contributed by atoms with E-state index in [1.807, 2.05) is 11.0 Å². The van der Waals surface area contributed by atoms with E-state index in [1.54, 1.807) is 28.6 Å². The summed E-state index contributed by atoms with van der Waals surface area (Å²) in [5.74, 6) is 0.853. The molecule has 7 heteroatoms. The molecular formula is C22H35N3O3S. The van der Waals surface area contributed by atoms with E-state index in [2.05, 4.69) is 33.0 Å². The zero-order valence-electron chi connectivity index (χ0n) is 18.1. The van der Waals surface area contributed by atoms with Gasteiger partial charge in [0.15, 0.2) is 0 Å². The van der Waals surface area contributed by atoms with Gasteiger partial charge >= 0.3 is 0 Å². The van der Waals surface area contributed by atoms with E-state index in [-0.39, 0.29) is 17.9 Å². The number of hydrogen-bond acceptors (Lipinski definition) is 4. The van der Waals surface area contributed by atoms with Crippen LogP contribution >= 0.6 is 0 Å². The highest BCUT2D eigenvalue weighted by Gasteiger charge is 2.53. The Morgan fingerprint density at radius 2 is 1.72 bits per heavy atom. The molecule has 0 saturated carbocycles. The second kappa shape index (κ2) is 8.74. The van der Waals surface area contributed by atoms with Gasteiger partial charge in [-0.2, -0.15) is 4.31 Å². The maximum Gasteiger partial charge on any atom is 0.243 e. The molecular weight excluding hydrogens is 386 g/mol. The van der Waals surface area contributed by atoms with Gasteiger partial charge in [-0.1, -0.05) is 58.7 Å². The predicted molar refractivity (Wildman–Crippen MR) is 115 cm³/mol. The highest BCUT2D eigenvalue weighted by atomic mass is 32.2. The number of nitrogens with zero attached hydrogens (tertiary/aromatic N) is 2. The first-order chi connectivity index (χ1) is 13.7. The molecule has 0 radical (unpaired) electrons. The Morgan fingerprint density at radius 3 is 2.28 bits per heavy atom. The Hall–Kier alpha value is -1.44. The van der Waals surface area contributed by atoms with E-state index in [0.717, 1.165) is 19.4 Å². The van der Waals surface area contributed by atoms with Crippen molar-refractivity contribution in [1.82, 2.24) is 14.5 Å². The van der Waals surface area contributed by atoms with Crippen molar-refractivity contribution in [3.05, 3.63) is 30.3 Å². The topological polar surface area (TPSA) is 69.7 Å². The number of benzene rings is 1. The lowest BCUT2D eigenvalue weighted by molar-refractivity contribution is -0.134. The fourth-order valence-corrected chi connectivity index (χ4v) is 5.85. The van der Waals surface area contributed by atoms with Crippen molar-refractivity contribution in [2.24, 2.45) is 11.8 Å². The van der Waals surface area contributed by atoms with Gasteiger partial charge in [-0.25, -0.2) is 8.42 Å². The fraction of sp³-hybridized carbons (Fsp3) is 0.682. The van der Waals surface area contributed by atoms with Gasteiger partial charge in [0.2, 0.25) is 15.9 Å². The summed E-state index contributed by atoms with van der Waals surface area (Å²) in [7, 11) is -3.50. The van der Waals surface area contributed by atoms with Gasteiger partial charge < -0.3 is 4.90 Å². The van der Waals surface area contributed by atoms with Crippen molar-refractivity contribution in [3.8, 4) is 0 Å². The van der Waals surface area contributed by atoms with Crippen LogP contribution in [-0.2, 0) is 14.8 Å². The standard InChI is InChI=1S/C22H35N3O3S/c1-5-17(3)16-25-21(26)20(18(4)6-2)23-22(25)12-14-24(15-13-22)29(27,28)19-10-8-7-9-11-19/h7-11,17-18,20,23H,5-6,12-16H2,1-4H3/t17-,18-,20-/m0/s1. The van der Waals surface area contributed by atoms with Crippen molar-refractivity contribution in [3.63, 3.8) is 0 Å². The number of carbonyl (C=O) groups excluding carboxylic acids is 1. The first-order valence-electron chi connectivity index (χ1n) is 10.9. The molecule has 0 aromatic heterocycles. The molecule has 2 saturated heterocycles. The summed E-state index contributed by atoms with van der Waals surface area (Å²) in [4.78, 5) is 15.6. The number of nitrogens with one attached hydrogen (secondary N) is 1. The third-order valence-electron chi connectivity index (χ3n) is 6.81. The summed E-state index contributed by atoms with van der Waals surface area (Å²) in [5, 5.41) is 3.65. The highest BCUT2D eigenvalue weighted by Crippen LogP contribution is 2.37.